The summed E-state index contributed by atoms with van der Waals surface area (Å²) in [5.74, 6) is 2.06. The van der Waals surface area contributed by atoms with Crippen molar-refractivity contribution in [1.82, 2.24) is 25.0 Å². The summed E-state index contributed by atoms with van der Waals surface area (Å²) < 4.78 is 7.31. The lowest BCUT2D eigenvalue weighted by atomic mass is 10.2. The minimum atomic E-state index is 0.0491. The lowest BCUT2D eigenvalue weighted by molar-refractivity contribution is -0.118. The molecule has 0 saturated heterocycles. The van der Waals surface area contributed by atoms with Gasteiger partial charge in [-0.2, -0.15) is 0 Å². The first-order chi connectivity index (χ1) is 13.0. The van der Waals surface area contributed by atoms with E-state index in [1.54, 1.807) is 7.11 Å². The molecule has 3 rings (SSSR count). The number of benzene rings is 1. The molecule has 7 nitrogen and oxygen atoms in total. The number of nitrogens with zero attached hydrogens (tertiary/aromatic N) is 4. The molecule has 0 aliphatic heterocycles. The summed E-state index contributed by atoms with van der Waals surface area (Å²) in [7, 11) is 5.73. The summed E-state index contributed by atoms with van der Waals surface area (Å²) >= 11 is 1.42. The molecule has 8 heteroatoms. The zero-order valence-corrected chi connectivity index (χ0v) is 17.1. The molecule has 1 aromatic carbocycles. The van der Waals surface area contributed by atoms with Crippen molar-refractivity contribution < 1.29 is 9.53 Å². The highest BCUT2D eigenvalue weighted by molar-refractivity contribution is 7.99. The summed E-state index contributed by atoms with van der Waals surface area (Å²) in [4.78, 5) is 14.2. The molecule has 1 aromatic heterocycles. The molecule has 0 spiro atoms. The van der Waals surface area contributed by atoms with E-state index in [0.717, 1.165) is 41.7 Å². The largest absolute Gasteiger partial charge is 0.497 e. The van der Waals surface area contributed by atoms with E-state index < -0.39 is 0 Å². The molecule has 1 saturated carbocycles. The van der Waals surface area contributed by atoms with Gasteiger partial charge in [0.25, 0.3) is 0 Å². The van der Waals surface area contributed by atoms with Crippen LogP contribution in [0.25, 0.3) is 5.69 Å². The molecule has 146 valence electrons. The molecular weight excluding hydrogens is 362 g/mol. The SMILES string of the molecule is CCC(c1nnc(SCC(=O)NC2CC2)n1-c1ccc(OC)cc1)N(C)C. The van der Waals surface area contributed by atoms with Gasteiger partial charge in [-0.05, 0) is 57.6 Å². The molecule has 27 heavy (non-hydrogen) atoms. The number of aromatic nitrogens is 3. The molecule has 2 aromatic rings. The van der Waals surface area contributed by atoms with E-state index in [2.05, 4.69) is 27.3 Å². The highest BCUT2D eigenvalue weighted by atomic mass is 32.2. The standard InChI is InChI=1S/C19H27N5O2S/c1-5-16(23(2)3)18-21-22-19(27-12-17(25)20-13-6-7-13)24(18)14-8-10-15(26-4)11-9-14/h8-11,13,16H,5-7,12H2,1-4H3,(H,20,25). The van der Waals surface area contributed by atoms with Crippen molar-refractivity contribution in [2.24, 2.45) is 0 Å². The number of hydrogen-bond acceptors (Lipinski definition) is 6. The average Bonchev–Trinajstić information content (AvgIpc) is 3.38. The molecule has 1 atom stereocenters. The maximum atomic E-state index is 12.1. The number of carbonyl (C=O) groups is 1. The fraction of sp³-hybridized carbons (Fsp3) is 0.526. The second-order valence-corrected chi connectivity index (χ2v) is 7.83. The highest BCUT2D eigenvalue weighted by Crippen LogP contribution is 2.29. The van der Waals surface area contributed by atoms with Gasteiger partial charge in [-0.3, -0.25) is 14.3 Å². The van der Waals surface area contributed by atoms with Crippen molar-refractivity contribution in [2.45, 2.75) is 43.4 Å². The van der Waals surface area contributed by atoms with E-state index in [9.17, 15) is 4.79 Å². The number of methoxy groups -OCH3 is 1. The van der Waals surface area contributed by atoms with Crippen LogP contribution in [0.4, 0.5) is 0 Å². The first-order valence-corrected chi connectivity index (χ1v) is 10.2. The van der Waals surface area contributed by atoms with Gasteiger partial charge in [0.1, 0.15) is 5.75 Å². The van der Waals surface area contributed by atoms with Crippen molar-refractivity contribution in [1.29, 1.82) is 0 Å². The van der Waals surface area contributed by atoms with E-state index in [1.807, 2.05) is 42.9 Å². The molecule has 1 amide bonds. The molecule has 1 heterocycles. The number of carbonyl (C=O) groups excluding carboxylic acids is 1. The normalized spacial score (nSPS) is 15.0. The van der Waals surface area contributed by atoms with Gasteiger partial charge in [-0.25, -0.2) is 0 Å². The van der Waals surface area contributed by atoms with E-state index in [1.165, 1.54) is 11.8 Å². The Morgan fingerprint density at radius 3 is 2.59 bits per heavy atom. The second kappa shape index (κ2) is 8.75. The Labute approximate surface area is 164 Å². The Morgan fingerprint density at radius 2 is 2.04 bits per heavy atom. The van der Waals surface area contributed by atoms with E-state index in [4.69, 9.17) is 4.74 Å². The van der Waals surface area contributed by atoms with Gasteiger partial charge in [0.15, 0.2) is 11.0 Å². The Balaban J connectivity index is 1.89. The van der Waals surface area contributed by atoms with Gasteiger partial charge in [0.2, 0.25) is 5.91 Å². The maximum absolute atomic E-state index is 12.1. The maximum Gasteiger partial charge on any atom is 0.230 e. The first-order valence-electron chi connectivity index (χ1n) is 9.21. The van der Waals surface area contributed by atoms with Crippen LogP contribution in [0.2, 0.25) is 0 Å². The number of nitrogens with one attached hydrogen (secondary N) is 1. The number of rotatable bonds is 9. The number of amides is 1. The monoisotopic (exact) mass is 389 g/mol. The molecule has 0 radical (unpaired) electrons. The van der Waals surface area contributed by atoms with E-state index >= 15 is 0 Å². The van der Waals surface area contributed by atoms with Crippen LogP contribution in [0.1, 0.15) is 38.1 Å². The number of ether oxygens (including phenoxy) is 1. The first kappa shape index (κ1) is 19.7. The predicted molar refractivity (Wildman–Crippen MR) is 107 cm³/mol. The minimum Gasteiger partial charge on any atom is -0.497 e. The van der Waals surface area contributed by atoms with Crippen LogP contribution in [-0.4, -0.2) is 58.6 Å². The number of hydrogen-bond donors (Lipinski definition) is 1. The zero-order valence-electron chi connectivity index (χ0n) is 16.3. The van der Waals surface area contributed by atoms with Crippen molar-refractivity contribution >= 4 is 17.7 Å². The summed E-state index contributed by atoms with van der Waals surface area (Å²) in [5, 5.41) is 12.6. The predicted octanol–water partition coefficient (Wildman–Crippen LogP) is 2.66. The summed E-state index contributed by atoms with van der Waals surface area (Å²) in [6.07, 6.45) is 3.08. The molecule has 1 unspecified atom stereocenters. The third-order valence-corrected chi connectivity index (χ3v) is 5.50. The zero-order chi connectivity index (χ0) is 19.4. The van der Waals surface area contributed by atoms with E-state index in [0.29, 0.717) is 11.8 Å². The van der Waals surface area contributed by atoms with Crippen LogP contribution in [0.3, 0.4) is 0 Å². The average molecular weight is 390 g/mol. The van der Waals surface area contributed by atoms with Crippen LogP contribution in [0, 0.1) is 0 Å². The quantitative estimate of drug-likeness (QED) is 0.665. The van der Waals surface area contributed by atoms with Gasteiger partial charge in [0, 0.05) is 11.7 Å². The van der Waals surface area contributed by atoms with Crippen LogP contribution >= 0.6 is 11.8 Å². The van der Waals surface area contributed by atoms with Crippen LogP contribution in [-0.2, 0) is 4.79 Å². The fourth-order valence-corrected chi connectivity index (χ4v) is 3.74. The molecule has 1 N–H and O–H groups in total. The third kappa shape index (κ3) is 4.81. The van der Waals surface area contributed by atoms with Crippen LogP contribution in [0.15, 0.2) is 29.4 Å². The topological polar surface area (TPSA) is 72.3 Å². The summed E-state index contributed by atoms with van der Waals surface area (Å²) in [6, 6.07) is 8.32. The summed E-state index contributed by atoms with van der Waals surface area (Å²) in [5.41, 5.74) is 0.959. The van der Waals surface area contributed by atoms with Gasteiger partial charge in [-0.15, -0.1) is 10.2 Å². The van der Waals surface area contributed by atoms with Crippen molar-refractivity contribution in [3.63, 3.8) is 0 Å². The van der Waals surface area contributed by atoms with Crippen molar-refractivity contribution in [3.8, 4) is 11.4 Å². The highest BCUT2D eigenvalue weighted by Gasteiger charge is 2.25. The molecule has 1 fully saturated rings. The smallest absolute Gasteiger partial charge is 0.230 e. The fourth-order valence-electron chi connectivity index (χ4n) is 2.97. The Bertz CT molecular complexity index is 771. The molecular formula is C19H27N5O2S. The Hall–Kier alpha value is -2.06. The third-order valence-electron chi connectivity index (χ3n) is 4.57. The van der Waals surface area contributed by atoms with E-state index in [-0.39, 0.29) is 11.9 Å². The van der Waals surface area contributed by atoms with Crippen LogP contribution in [0.5, 0.6) is 5.75 Å². The van der Waals surface area contributed by atoms with Crippen molar-refractivity contribution in [3.05, 3.63) is 30.1 Å². The van der Waals surface area contributed by atoms with Gasteiger partial charge >= 0.3 is 0 Å². The Kier molecular flexibility index (Phi) is 6.38. The minimum absolute atomic E-state index is 0.0491. The Morgan fingerprint density at radius 1 is 1.33 bits per heavy atom. The van der Waals surface area contributed by atoms with Gasteiger partial charge in [0.05, 0.1) is 18.9 Å². The van der Waals surface area contributed by atoms with Gasteiger partial charge in [-0.1, -0.05) is 18.7 Å². The van der Waals surface area contributed by atoms with Gasteiger partial charge < -0.3 is 10.1 Å². The summed E-state index contributed by atoms with van der Waals surface area (Å²) in [6.45, 7) is 2.13. The molecule has 1 aliphatic carbocycles. The second-order valence-electron chi connectivity index (χ2n) is 6.89. The number of thioether (sulfide) groups is 1. The lowest BCUT2D eigenvalue weighted by Gasteiger charge is -2.23. The van der Waals surface area contributed by atoms with Crippen molar-refractivity contribution in [2.75, 3.05) is 27.0 Å². The van der Waals surface area contributed by atoms with Crippen LogP contribution < -0.4 is 10.1 Å². The molecule has 1 aliphatic rings. The lowest BCUT2D eigenvalue weighted by Crippen LogP contribution is -2.27. The molecule has 0 bridgehead atoms.